The first-order valence-corrected chi connectivity index (χ1v) is 5.21. The summed E-state index contributed by atoms with van der Waals surface area (Å²) in [5, 5.41) is 6.23. The maximum absolute atomic E-state index is 11.5. The molecule has 2 fully saturated rings. The van der Waals surface area contributed by atoms with Crippen molar-refractivity contribution in [2.45, 2.75) is 38.6 Å². The third-order valence-electron chi connectivity index (χ3n) is 3.17. The Bertz CT molecular complexity index is 205. The Morgan fingerprint density at radius 1 is 1.62 bits per heavy atom. The first-order valence-electron chi connectivity index (χ1n) is 5.21. The van der Waals surface area contributed by atoms with Crippen LogP contribution in [0.4, 0.5) is 0 Å². The van der Waals surface area contributed by atoms with Gasteiger partial charge in [-0.3, -0.25) is 4.79 Å². The maximum atomic E-state index is 11.5. The van der Waals surface area contributed by atoms with Crippen molar-refractivity contribution in [3.05, 3.63) is 0 Å². The molecule has 3 nitrogen and oxygen atoms in total. The van der Waals surface area contributed by atoms with E-state index >= 15 is 0 Å². The minimum Gasteiger partial charge on any atom is -0.354 e. The highest BCUT2D eigenvalue weighted by atomic mass is 16.2. The highest BCUT2D eigenvalue weighted by Gasteiger charge is 2.37. The molecule has 0 bridgehead atoms. The average molecular weight is 182 g/mol. The van der Waals surface area contributed by atoms with Gasteiger partial charge in [0, 0.05) is 6.54 Å². The molecule has 74 valence electrons. The van der Waals surface area contributed by atoms with Gasteiger partial charge < -0.3 is 10.6 Å². The van der Waals surface area contributed by atoms with E-state index in [1.165, 1.54) is 12.8 Å². The molecular formula is C10H18N2O. The van der Waals surface area contributed by atoms with Gasteiger partial charge >= 0.3 is 0 Å². The number of carbonyl (C=O) groups excluding carboxylic acids is 1. The van der Waals surface area contributed by atoms with Crippen LogP contribution in [-0.2, 0) is 4.79 Å². The van der Waals surface area contributed by atoms with E-state index in [-0.39, 0.29) is 11.9 Å². The van der Waals surface area contributed by atoms with E-state index in [1.54, 1.807) is 0 Å². The van der Waals surface area contributed by atoms with Gasteiger partial charge in [-0.25, -0.2) is 0 Å². The van der Waals surface area contributed by atoms with Gasteiger partial charge in [-0.1, -0.05) is 6.92 Å². The molecule has 0 radical (unpaired) electrons. The molecule has 1 aliphatic heterocycles. The second-order valence-electron chi connectivity index (χ2n) is 4.68. The molecule has 2 aliphatic rings. The monoisotopic (exact) mass is 182 g/mol. The van der Waals surface area contributed by atoms with E-state index in [9.17, 15) is 4.79 Å². The Kier molecular flexibility index (Phi) is 2.28. The topological polar surface area (TPSA) is 41.1 Å². The minimum atomic E-state index is 0.0855. The summed E-state index contributed by atoms with van der Waals surface area (Å²) < 4.78 is 0. The lowest BCUT2D eigenvalue weighted by molar-refractivity contribution is -0.123. The van der Waals surface area contributed by atoms with E-state index in [1.807, 2.05) is 0 Å². The van der Waals surface area contributed by atoms with Crippen molar-refractivity contribution in [2.75, 3.05) is 13.1 Å². The normalized spacial score (nSPS) is 30.1. The fourth-order valence-corrected chi connectivity index (χ4v) is 1.72. The largest absolute Gasteiger partial charge is 0.354 e. The molecule has 1 atom stereocenters. The fourth-order valence-electron chi connectivity index (χ4n) is 1.72. The second-order valence-corrected chi connectivity index (χ2v) is 4.68. The van der Waals surface area contributed by atoms with Crippen LogP contribution in [0.2, 0.25) is 0 Å². The highest BCUT2D eigenvalue weighted by molar-refractivity contribution is 5.82. The maximum Gasteiger partial charge on any atom is 0.237 e. The number of rotatable bonds is 3. The van der Waals surface area contributed by atoms with Crippen molar-refractivity contribution in [2.24, 2.45) is 5.41 Å². The number of nitrogens with one attached hydrogen (secondary N) is 2. The number of amides is 1. The van der Waals surface area contributed by atoms with Gasteiger partial charge in [0.05, 0.1) is 6.04 Å². The van der Waals surface area contributed by atoms with Gasteiger partial charge in [-0.15, -0.1) is 0 Å². The minimum absolute atomic E-state index is 0.0855. The molecule has 2 rings (SSSR count). The summed E-state index contributed by atoms with van der Waals surface area (Å²) in [5.74, 6) is 0.200. The van der Waals surface area contributed by atoms with Gasteiger partial charge in [0.15, 0.2) is 0 Å². The van der Waals surface area contributed by atoms with Crippen LogP contribution in [0.25, 0.3) is 0 Å². The Hall–Kier alpha value is -0.570. The number of hydrogen-bond acceptors (Lipinski definition) is 2. The summed E-state index contributed by atoms with van der Waals surface area (Å²) >= 11 is 0. The second kappa shape index (κ2) is 3.29. The highest BCUT2D eigenvalue weighted by Crippen LogP contribution is 2.44. The summed E-state index contributed by atoms with van der Waals surface area (Å²) in [6.45, 7) is 4.09. The molecule has 0 aromatic heterocycles. The standard InChI is InChI=1S/C10H18N2O/c1-10(4-5-10)7-12-9(13)8-3-2-6-11-8/h8,11H,2-7H2,1H3,(H,12,13). The smallest absolute Gasteiger partial charge is 0.237 e. The van der Waals surface area contributed by atoms with Gasteiger partial charge in [-0.2, -0.15) is 0 Å². The summed E-state index contributed by atoms with van der Waals surface area (Å²) in [6.07, 6.45) is 4.68. The quantitative estimate of drug-likeness (QED) is 0.673. The Morgan fingerprint density at radius 3 is 2.92 bits per heavy atom. The van der Waals surface area contributed by atoms with Crippen LogP contribution in [0.5, 0.6) is 0 Å². The Labute approximate surface area is 79.3 Å². The SMILES string of the molecule is CC1(CNC(=O)C2CCCN2)CC1. The van der Waals surface area contributed by atoms with Crippen LogP contribution in [0, 0.1) is 5.41 Å². The predicted octanol–water partition coefficient (Wildman–Crippen LogP) is 0.655. The third kappa shape index (κ3) is 2.21. The van der Waals surface area contributed by atoms with Gasteiger partial charge in [-0.05, 0) is 37.6 Å². The molecule has 0 aromatic carbocycles. The lowest BCUT2D eigenvalue weighted by atomic mass is 10.1. The zero-order valence-corrected chi connectivity index (χ0v) is 8.23. The first-order chi connectivity index (χ1) is 6.20. The van der Waals surface area contributed by atoms with Crippen molar-refractivity contribution in [3.63, 3.8) is 0 Å². The molecule has 1 heterocycles. The molecule has 0 spiro atoms. The van der Waals surface area contributed by atoms with Crippen LogP contribution in [0.15, 0.2) is 0 Å². The summed E-state index contributed by atoms with van der Waals surface area (Å²) in [6, 6.07) is 0.0855. The molecule has 1 saturated carbocycles. The molecule has 1 aliphatic carbocycles. The van der Waals surface area contributed by atoms with E-state index in [4.69, 9.17) is 0 Å². The summed E-state index contributed by atoms with van der Waals surface area (Å²) in [7, 11) is 0. The molecular weight excluding hydrogens is 164 g/mol. The molecule has 1 unspecified atom stereocenters. The van der Waals surface area contributed by atoms with Crippen molar-refractivity contribution in [1.82, 2.24) is 10.6 Å². The van der Waals surface area contributed by atoms with Crippen LogP contribution in [0.3, 0.4) is 0 Å². The molecule has 3 heteroatoms. The zero-order chi connectivity index (χ0) is 9.31. The van der Waals surface area contributed by atoms with E-state index < -0.39 is 0 Å². The van der Waals surface area contributed by atoms with Crippen LogP contribution < -0.4 is 10.6 Å². The molecule has 2 N–H and O–H groups in total. The summed E-state index contributed by atoms with van der Waals surface area (Å²) in [5.41, 5.74) is 0.425. The predicted molar refractivity (Wildman–Crippen MR) is 51.4 cm³/mol. The first kappa shape index (κ1) is 9.00. The molecule has 1 amide bonds. The van der Waals surface area contributed by atoms with Gasteiger partial charge in [0.25, 0.3) is 0 Å². The Balaban J connectivity index is 1.71. The third-order valence-corrected chi connectivity index (χ3v) is 3.17. The zero-order valence-electron chi connectivity index (χ0n) is 8.23. The van der Waals surface area contributed by atoms with Crippen LogP contribution >= 0.6 is 0 Å². The van der Waals surface area contributed by atoms with Crippen LogP contribution in [0.1, 0.15) is 32.6 Å². The van der Waals surface area contributed by atoms with Gasteiger partial charge in [0.2, 0.25) is 5.91 Å². The van der Waals surface area contributed by atoms with E-state index in [0.29, 0.717) is 5.41 Å². The molecule has 1 saturated heterocycles. The average Bonchev–Trinajstić information content (AvgIpc) is 2.69. The number of hydrogen-bond donors (Lipinski definition) is 2. The fraction of sp³-hybridized carbons (Fsp3) is 0.900. The van der Waals surface area contributed by atoms with Crippen molar-refractivity contribution in [1.29, 1.82) is 0 Å². The lowest BCUT2D eigenvalue weighted by Crippen LogP contribution is -2.42. The van der Waals surface area contributed by atoms with Crippen molar-refractivity contribution in [3.8, 4) is 0 Å². The van der Waals surface area contributed by atoms with Crippen molar-refractivity contribution >= 4 is 5.91 Å². The Morgan fingerprint density at radius 2 is 2.38 bits per heavy atom. The van der Waals surface area contributed by atoms with E-state index in [2.05, 4.69) is 17.6 Å². The van der Waals surface area contributed by atoms with Crippen LogP contribution in [-0.4, -0.2) is 25.0 Å². The lowest BCUT2D eigenvalue weighted by Gasteiger charge is -2.13. The molecule has 13 heavy (non-hydrogen) atoms. The number of carbonyl (C=O) groups is 1. The van der Waals surface area contributed by atoms with Crippen molar-refractivity contribution < 1.29 is 4.79 Å². The van der Waals surface area contributed by atoms with Gasteiger partial charge in [0.1, 0.15) is 0 Å². The molecule has 0 aromatic rings. The van der Waals surface area contributed by atoms with E-state index in [0.717, 1.165) is 25.9 Å². The summed E-state index contributed by atoms with van der Waals surface area (Å²) in [4.78, 5) is 11.5.